The number of alkyl halides is 4. The third-order valence-corrected chi connectivity index (χ3v) is 8.37. The van der Waals surface area contributed by atoms with Crippen molar-refractivity contribution in [3.63, 3.8) is 0 Å². The minimum absolute atomic E-state index is 0.148. The SMILES string of the molecule is Cc1cc2c(cc1C1CCN(C)CC1(F)F)CN=C2.Cc1cc2c(cc1C1CCN(C)CC1(F)F)CN=C2. The molecule has 0 aromatic heterocycles. The number of hydrogen-bond acceptors (Lipinski definition) is 4. The van der Waals surface area contributed by atoms with Crippen LogP contribution in [0.15, 0.2) is 34.3 Å². The van der Waals surface area contributed by atoms with Crippen molar-refractivity contribution in [1.82, 2.24) is 9.80 Å². The smallest absolute Gasteiger partial charge is 0.267 e. The number of halogens is 4. The zero-order valence-electron chi connectivity index (χ0n) is 22.6. The van der Waals surface area contributed by atoms with Gasteiger partial charge in [-0.1, -0.05) is 12.1 Å². The van der Waals surface area contributed by atoms with Crippen LogP contribution in [0.4, 0.5) is 17.6 Å². The molecule has 2 fully saturated rings. The van der Waals surface area contributed by atoms with Crippen LogP contribution < -0.4 is 0 Å². The molecule has 2 saturated heterocycles. The van der Waals surface area contributed by atoms with Gasteiger partial charge in [-0.05, 0) is 111 Å². The number of piperidine rings is 2. The first-order valence-corrected chi connectivity index (χ1v) is 13.3. The molecular formula is C30H36F4N4. The van der Waals surface area contributed by atoms with Crippen molar-refractivity contribution in [3.8, 4) is 0 Å². The Morgan fingerprint density at radius 3 is 1.45 bits per heavy atom. The van der Waals surface area contributed by atoms with E-state index >= 15 is 0 Å². The minimum atomic E-state index is -2.65. The molecule has 0 aliphatic carbocycles. The Bertz CT molecular complexity index is 1170. The molecule has 0 N–H and O–H groups in total. The highest BCUT2D eigenvalue weighted by Gasteiger charge is 2.46. The lowest BCUT2D eigenvalue weighted by molar-refractivity contribution is -0.0771. The van der Waals surface area contributed by atoms with Gasteiger partial charge < -0.3 is 9.80 Å². The molecule has 8 heteroatoms. The van der Waals surface area contributed by atoms with Crippen molar-refractivity contribution < 1.29 is 17.6 Å². The van der Waals surface area contributed by atoms with Crippen LogP contribution in [0.2, 0.25) is 0 Å². The van der Waals surface area contributed by atoms with E-state index in [-0.39, 0.29) is 13.1 Å². The molecule has 0 bridgehead atoms. The maximum atomic E-state index is 14.3. The molecule has 0 spiro atoms. The van der Waals surface area contributed by atoms with Gasteiger partial charge in [0.1, 0.15) is 0 Å². The first-order chi connectivity index (χ1) is 17.9. The summed E-state index contributed by atoms with van der Waals surface area (Å²) in [6.45, 7) is 6.27. The largest absolute Gasteiger partial charge is 0.301 e. The van der Waals surface area contributed by atoms with Crippen LogP contribution in [-0.4, -0.2) is 74.3 Å². The van der Waals surface area contributed by atoms with Gasteiger partial charge in [-0.2, -0.15) is 0 Å². The summed E-state index contributed by atoms with van der Waals surface area (Å²) >= 11 is 0. The zero-order valence-corrected chi connectivity index (χ0v) is 22.6. The van der Waals surface area contributed by atoms with Crippen molar-refractivity contribution in [2.24, 2.45) is 9.98 Å². The van der Waals surface area contributed by atoms with Crippen LogP contribution in [0, 0.1) is 13.8 Å². The van der Waals surface area contributed by atoms with Crippen LogP contribution in [0.5, 0.6) is 0 Å². The van der Waals surface area contributed by atoms with Gasteiger partial charge in [-0.3, -0.25) is 9.98 Å². The minimum Gasteiger partial charge on any atom is -0.301 e. The summed E-state index contributed by atoms with van der Waals surface area (Å²) in [5, 5.41) is 0. The number of benzene rings is 2. The Hall–Kier alpha value is -2.58. The monoisotopic (exact) mass is 528 g/mol. The lowest BCUT2D eigenvalue weighted by atomic mass is 9.82. The predicted octanol–water partition coefficient (Wildman–Crippen LogP) is 5.96. The fraction of sp³-hybridized carbons (Fsp3) is 0.533. The second-order valence-corrected chi connectivity index (χ2v) is 11.4. The van der Waals surface area contributed by atoms with E-state index in [4.69, 9.17) is 0 Å². The van der Waals surface area contributed by atoms with Gasteiger partial charge >= 0.3 is 0 Å². The maximum absolute atomic E-state index is 14.3. The molecule has 0 saturated carbocycles. The summed E-state index contributed by atoms with van der Waals surface area (Å²) in [6, 6.07) is 7.88. The molecular weight excluding hydrogens is 492 g/mol. The number of hydrogen-bond donors (Lipinski definition) is 0. The van der Waals surface area contributed by atoms with E-state index < -0.39 is 23.7 Å². The summed E-state index contributed by atoms with van der Waals surface area (Å²) in [5.74, 6) is -6.61. The molecule has 38 heavy (non-hydrogen) atoms. The van der Waals surface area contributed by atoms with Gasteiger partial charge in [0, 0.05) is 12.4 Å². The van der Waals surface area contributed by atoms with Crippen molar-refractivity contribution in [2.75, 3.05) is 40.3 Å². The number of aliphatic imine (C=N–C) groups is 2. The highest BCUT2D eigenvalue weighted by molar-refractivity contribution is 5.85. The average molecular weight is 529 g/mol. The van der Waals surface area contributed by atoms with Crippen LogP contribution in [-0.2, 0) is 13.1 Å². The summed E-state index contributed by atoms with van der Waals surface area (Å²) < 4.78 is 57.1. The van der Waals surface area contributed by atoms with Crippen LogP contribution in [0.3, 0.4) is 0 Å². The van der Waals surface area contributed by atoms with Crippen molar-refractivity contribution >= 4 is 12.4 Å². The Labute approximate surface area is 222 Å². The van der Waals surface area contributed by atoms with E-state index in [0.29, 0.717) is 25.9 Å². The van der Waals surface area contributed by atoms with E-state index in [2.05, 4.69) is 9.98 Å². The van der Waals surface area contributed by atoms with Crippen molar-refractivity contribution in [1.29, 1.82) is 0 Å². The second kappa shape index (κ2) is 10.2. The van der Waals surface area contributed by atoms with Crippen molar-refractivity contribution in [3.05, 3.63) is 68.8 Å². The highest BCUT2D eigenvalue weighted by atomic mass is 19.3. The summed E-state index contributed by atoms with van der Waals surface area (Å²) in [5.41, 5.74) is 7.85. The number of nitrogens with zero attached hydrogens (tertiary/aromatic N) is 4. The molecule has 2 unspecified atom stereocenters. The third kappa shape index (κ3) is 5.30. The van der Waals surface area contributed by atoms with Gasteiger partial charge in [0.15, 0.2) is 0 Å². The Morgan fingerprint density at radius 1 is 0.684 bits per heavy atom. The highest BCUT2D eigenvalue weighted by Crippen LogP contribution is 2.43. The zero-order chi connectivity index (χ0) is 27.2. The topological polar surface area (TPSA) is 31.2 Å². The van der Waals surface area contributed by atoms with E-state index in [9.17, 15) is 17.6 Å². The maximum Gasteiger partial charge on any atom is 0.267 e. The molecule has 204 valence electrons. The van der Waals surface area contributed by atoms with Crippen LogP contribution >= 0.6 is 0 Å². The first kappa shape index (κ1) is 27.0. The number of aryl methyl sites for hydroxylation is 2. The lowest BCUT2D eigenvalue weighted by Gasteiger charge is -2.37. The molecule has 6 rings (SSSR count). The standard InChI is InChI=1S/2C15H18F2N2/c2*1-10-5-11-7-18-8-12(11)6-13(10)14-3-4-19(2)9-15(14,16)17/h2*5-7,14H,3-4,8-9H2,1-2H3. The van der Waals surface area contributed by atoms with Crippen LogP contribution in [0.25, 0.3) is 0 Å². The molecule has 2 atom stereocenters. The normalized spacial score (nSPS) is 25.6. The molecule has 4 nitrogen and oxygen atoms in total. The van der Waals surface area contributed by atoms with Crippen molar-refractivity contribution in [2.45, 2.75) is 63.5 Å². The fourth-order valence-corrected chi connectivity index (χ4v) is 6.32. The Balaban J connectivity index is 0.000000155. The molecule has 0 radical (unpaired) electrons. The quantitative estimate of drug-likeness (QED) is 0.450. The van der Waals surface area contributed by atoms with Gasteiger partial charge in [-0.25, -0.2) is 17.6 Å². The van der Waals surface area contributed by atoms with Gasteiger partial charge in [0.25, 0.3) is 11.8 Å². The van der Waals surface area contributed by atoms with E-state index in [1.54, 1.807) is 23.9 Å². The Morgan fingerprint density at radius 2 is 1.08 bits per heavy atom. The summed E-state index contributed by atoms with van der Waals surface area (Å²) in [4.78, 5) is 11.8. The molecule has 4 aliphatic heterocycles. The van der Waals surface area contributed by atoms with Crippen LogP contribution in [0.1, 0.15) is 69.2 Å². The summed E-state index contributed by atoms with van der Waals surface area (Å²) in [6.07, 6.45) is 4.70. The first-order valence-electron chi connectivity index (χ1n) is 13.3. The van der Waals surface area contributed by atoms with E-state index in [0.717, 1.165) is 57.6 Å². The molecule has 4 aliphatic rings. The number of rotatable bonds is 2. The third-order valence-electron chi connectivity index (χ3n) is 8.37. The molecule has 2 aromatic carbocycles. The average Bonchev–Trinajstić information content (AvgIpc) is 3.46. The van der Waals surface area contributed by atoms with Gasteiger partial charge in [-0.15, -0.1) is 0 Å². The second-order valence-electron chi connectivity index (χ2n) is 11.4. The summed E-state index contributed by atoms with van der Waals surface area (Å²) in [7, 11) is 3.51. The van der Waals surface area contributed by atoms with Gasteiger partial charge in [0.05, 0.1) is 38.0 Å². The Kier molecular flexibility index (Phi) is 7.24. The number of likely N-dealkylation sites (tertiary alicyclic amines) is 2. The van der Waals surface area contributed by atoms with E-state index in [1.165, 1.54) is 0 Å². The predicted molar refractivity (Wildman–Crippen MR) is 145 cm³/mol. The molecule has 2 aromatic rings. The number of fused-ring (bicyclic) bond motifs is 2. The lowest BCUT2D eigenvalue weighted by Crippen LogP contribution is -2.45. The molecule has 4 heterocycles. The van der Waals surface area contributed by atoms with E-state index in [1.807, 2.05) is 50.5 Å². The van der Waals surface area contributed by atoms with Gasteiger partial charge in [0.2, 0.25) is 0 Å². The fourth-order valence-electron chi connectivity index (χ4n) is 6.32. The molecule has 0 amide bonds.